The Balaban J connectivity index is 2.18. The lowest BCUT2D eigenvalue weighted by Gasteiger charge is -2.08. The van der Waals surface area contributed by atoms with Crippen molar-refractivity contribution in [2.45, 2.75) is 0 Å². The van der Waals surface area contributed by atoms with Crippen LogP contribution in [0.15, 0.2) is 66.7 Å². The number of benzene rings is 3. The van der Waals surface area contributed by atoms with Crippen molar-refractivity contribution in [3.05, 3.63) is 77.9 Å². The number of methoxy groups -OCH3 is 1. The molecular formula is C20H16O3. The van der Waals surface area contributed by atoms with Gasteiger partial charge in [0, 0.05) is 0 Å². The SMILES string of the molecule is COc1cccc(/C=C(\C(=O)O)c2cccc3ccccc23)c1. The fraction of sp³-hybridized carbons (Fsp3) is 0.0500. The molecule has 1 N–H and O–H groups in total. The summed E-state index contributed by atoms with van der Waals surface area (Å²) in [4.78, 5) is 11.8. The monoisotopic (exact) mass is 304 g/mol. The van der Waals surface area contributed by atoms with E-state index in [4.69, 9.17) is 4.74 Å². The number of aliphatic carboxylic acids is 1. The highest BCUT2D eigenvalue weighted by atomic mass is 16.5. The average molecular weight is 304 g/mol. The first-order valence-electron chi connectivity index (χ1n) is 7.26. The van der Waals surface area contributed by atoms with Gasteiger partial charge in [0.25, 0.3) is 0 Å². The van der Waals surface area contributed by atoms with Gasteiger partial charge in [-0.25, -0.2) is 4.79 Å². The highest BCUT2D eigenvalue weighted by Gasteiger charge is 2.13. The Morgan fingerprint density at radius 3 is 2.52 bits per heavy atom. The highest BCUT2D eigenvalue weighted by molar-refractivity contribution is 6.23. The minimum absolute atomic E-state index is 0.259. The fourth-order valence-electron chi connectivity index (χ4n) is 2.61. The van der Waals surface area contributed by atoms with E-state index in [1.165, 1.54) is 0 Å². The highest BCUT2D eigenvalue weighted by Crippen LogP contribution is 2.27. The molecule has 0 atom stereocenters. The van der Waals surface area contributed by atoms with E-state index in [-0.39, 0.29) is 5.57 Å². The minimum Gasteiger partial charge on any atom is -0.497 e. The number of hydrogen-bond donors (Lipinski definition) is 1. The van der Waals surface area contributed by atoms with Gasteiger partial charge in [-0.05, 0) is 40.1 Å². The summed E-state index contributed by atoms with van der Waals surface area (Å²) in [5.41, 5.74) is 1.75. The first-order valence-corrected chi connectivity index (χ1v) is 7.26. The van der Waals surface area contributed by atoms with Gasteiger partial charge in [-0.1, -0.05) is 54.6 Å². The summed E-state index contributed by atoms with van der Waals surface area (Å²) in [6.45, 7) is 0. The molecule has 0 saturated heterocycles. The van der Waals surface area contributed by atoms with Crippen LogP contribution < -0.4 is 4.74 Å². The summed E-state index contributed by atoms with van der Waals surface area (Å²) in [7, 11) is 1.59. The predicted molar refractivity (Wildman–Crippen MR) is 92.4 cm³/mol. The second-order valence-corrected chi connectivity index (χ2v) is 5.17. The van der Waals surface area contributed by atoms with Gasteiger partial charge in [-0.15, -0.1) is 0 Å². The maximum atomic E-state index is 11.8. The Kier molecular flexibility index (Phi) is 4.11. The van der Waals surface area contributed by atoms with Gasteiger partial charge in [0.15, 0.2) is 0 Å². The first kappa shape index (κ1) is 14.9. The maximum absolute atomic E-state index is 11.8. The molecule has 23 heavy (non-hydrogen) atoms. The van der Waals surface area contributed by atoms with Gasteiger partial charge in [0.2, 0.25) is 0 Å². The molecule has 3 heteroatoms. The molecule has 114 valence electrons. The van der Waals surface area contributed by atoms with E-state index in [2.05, 4.69) is 0 Å². The van der Waals surface area contributed by atoms with Crippen LogP contribution in [0.5, 0.6) is 5.75 Å². The zero-order valence-corrected chi connectivity index (χ0v) is 12.7. The lowest BCUT2D eigenvalue weighted by atomic mass is 9.96. The van der Waals surface area contributed by atoms with Gasteiger partial charge in [-0.3, -0.25) is 0 Å². The molecule has 0 aliphatic rings. The van der Waals surface area contributed by atoms with Gasteiger partial charge in [-0.2, -0.15) is 0 Å². The topological polar surface area (TPSA) is 46.5 Å². The van der Waals surface area contributed by atoms with Gasteiger partial charge >= 0.3 is 5.97 Å². The Hall–Kier alpha value is -3.07. The molecule has 3 aromatic carbocycles. The molecule has 0 heterocycles. The molecule has 0 aliphatic heterocycles. The number of fused-ring (bicyclic) bond motifs is 1. The number of carboxylic acid groups (broad SMARTS) is 1. The third-order valence-corrected chi connectivity index (χ3v) is 3.72. The summed E-state index contributed by atoms with van der Waals surface area (Å²) in [6, 6.07) is 20.8. The Labute approximate surface area is 134 Å². The van der Waals surface area contributed by atoms with Crippen molar-refractivity contribution in [3.63, 3.8) is 0 Å². The van der Waals surface area contributed by atoms with Crippen LogP contribution in [0.25, 0.3) is 22.4 Å². The van der Waals surface area contributed by atoms with Crippen LogP contribution in [0.2, 0.25) is 0 Å². The number of carbonyl (C=O) groups is 1. The van der Waals surface area contributed by atoms with Crippen molar-refractivity contribution in [3.8, 4) is 5.75 Å². The van der Waals surface area contributed by atoms with Crippen LogP contribution in [0.4, 0.5) is 0 Å². The van der Waals surface area contributed by atoms with Crippen molar-refractivity contribution < 1.29 is 14.6 Å². The quantitative estimate of drug-likeness (QED) is 0.571. The molecule has 0 radical (unpaired) electrons. The second kappa shape index (κ2) is 6.36. The first-order chi connectivity index (χ1) is 11.2. The van der Waals surface area contributed by atoms with Crippen molar-refractivity contribution in [2.24, 2.45) is 0 Å². The van der Waals surface area contributed by atoms with Crippen LogP contribution in [-0.2, 0) is 4.79 Å². The Bertz CT molecular complexity index is 889. The summed E-state index contributed by atoms with van der Waals surface area (Å²) in [6.07, 6.45) is 1.67. The number of carboxylic acids is 1. The van der Waals surface area contributed by atoms with E-state index in [1.807, 2.05) is 66.7 Å². The van der Waals surface area contributed by atoms with E-state index in [0.29, 0.717) is 11.3 Å². The third-order valence-electron chi connectivity index (χ3n) is 3.72. The number of ether oxygens (including phenoxy) is 1. The molecule has 3 nitrogen and oxygen atoms in total. The van der Waals surface area contributed by atoms with Crippen LogP contribution >= 0.6 is 0 Å². The zero-order chi connectivity index (χ0) is 16.2. The molecule has 3 rings (SSSR count). The predicted octanol–water partition coefficient (Wildman–Crippen LogP) is 4.47. The van der Waals surface area contributed by atoms with E-state index < -0.39 is 5.97 Å². The van der Waals surface area contributed by atoms with Crippen molar-refractivity contribution in [1.29, 1.82) is 0 Å². The molecule has 0 bridgehead atoms. The number of rotatable bonds is 4. The molecule has 0 fully saturated rings. The van der Waals surface area contributed by atoms with Gasteiger partial charge < -0.3 is 9.84 Å². The second-order valence-electron chi connectivity index (χ2n) is 5.17. The zero-order valence-electron chi connectivity index (χ0n) is 12.7. The molecule has 0 saturated carbocycles. The number of hydrogen-bond acceptors (Lipinski definition) is 2. The van der Waals surface area contributed by atoms with Crippen molar-refractivity contribution >= 4 is 28.4 Å². The van der Waals surface area contributed by atoms with E-state index >= 15 is 0 Å². The van der Waals surface area contributed by atoms with E-state index in [1.54, 1.807) is 13.2 Å². The van der Waals surface area contributed by atoms with Gasteiger partial charge in [0.1, 0.15) is 5.75 Å². The normalized spacial score (nSPS) is 11.4. The summed E-state index contributed by atoms with van der Waals surface area (Å²) >= 11 is 0. The van der Waals surface area contributed by atoms with E-state index in [9.17, 15) is 9.90 Å². The molecule has 0 unspecified atom stereocenters. The van der Waals surface area contributed by atoms with Crippen molar-refractivity contribution in [1.82, 2.24) is 0 Å². The largest absolute Gasteiger partial charge is 0.497 e. The molecule has 0 aromatic heterocycles. The minimum atomic E-state index is -0.954. The Morgan fingerprint density at radius 1 is 1.00 bits per heavy atom. The summed E-state index contributed by atoms with van der Waals surface area (Å²) in [5.74, 6) is -0.259. The molecule has 3 aromatic rings. The summed E-state index contributed by atoms with van der Waals surface area (Å²) in [5, 5.41) is 11.6. The van der Waals surface area contributed by atoms with Crippen molar-refractivity contribution in [2.75, 3.05) is 7.11 Å². The molecule has 0 aliphatic carbocycles. The third kappa shape index (κ3) is 3.09. The standard InChI is InChI=1S/C20H16O3/c1-23-16-9-4-6-14(12-16)13-19(20(21)22)18-11-5-8-15-7-2-3-10-17(15)18/h2-13H,1H3,(H,21,22)/b19-13-. The van der Waals surface area contributed by atoms with Crippen LogP contribution in [0.3, 0.4) is 0 Å². The summed E-state index contributed by atoms with van der Waals surface area (Å²) < 4.78 is 5.20. The van der Waals surface area contributed by atoms with Gasteiger partial charge in [0.05, 0.1) is 12.7 Å². The molecule has 0 spiro atoms. The lowest BCUT2D eigenvalue weighted by molar-refractivity contribution is -0.130. The van der Waals surface area contributed by atoms with Crippen LogP contribution in [0, 0.1) is 0 Å². The van der Waals surface area contributed by atoms with Crippen LogP contribution in [0.1, 0.15) is 11.1 Å². The lowest BCUT2D eigenvalue weighted by Crippen LogP contribution is -2.00. The fourth-order valence-corrected chi connectivity index (χ4v) is 2.61. The molecule has 0 amide bonds. The maximum Gasteiger partial charge on any atom is 0.336 e. The molecular weight excluding hydrogens is 288 g/mol. The average Bonchev–Trinajstić information content (AvgIpc) is 2.59. The van der Waals surface area contributed by atoms with E-state index in [0.717, 1.165) is 16.3 Å². The Morgan fingerprint density at radius 2 is 1.74 bits per heavy atom. The van der Waals surface area contributed by atoms with Crippen LogP contribution in [-0.4, -0.2) is 18.2 Å². The smallest absolute Gasteiger partial charge is 0.336 e.